The van der Waals surface area contributed by atoms with Crippen molar-refractivity contribution >= 4 is 76.6 Å². The summed E-state index contributed by atoms with van der Waals surface area (Å²) in [6.07, 6.45) is 0. The zero-order valence-corrected chi connectivity index (χ0v) is 31.8. The van der Waals surface area contributed by atoms with Crippen molar-refractivity contribution in [3.05, 3.63) is 182 Å². The first-order valence-corrected chi connectivity index (χ1v) is 19.9. The maximum atomic E-state index is 6.55. The highest BCUT2D eigenvalue weighted by molar-refractivity contribution is 6.24. The van der Waals surface area contributed by atoms with Gasteiger partial charge in [0.1, 0.15) is 16.7 Å². The van der Waals surface area contributed by atoms with Gasteiger partial charge < -0.3 is 13.4 Å². The lowest BCUT2D eigenvalue weighted by atomic mass is 10.1. The summed E-state index contributed by atoms with van der Waals surface area (Å²) in [7, 11) is 0. The molecule has 5 aromatic heterocycles. The highest BCUT2D eigenvalue weighted by atomic mass is 16.3. The standard InChI is InChI=1S/C52H30N6O2/c1-2-15-31(16-3-1)49-54-50(39-22-14-21-37-34-19-7-12-27-44(34)59-48(37)39)56-52(55-49)58-42-25-10-5-18-33(42)36-30-29-35-32-17-4-9-24-41(32)57(46(35)47(36)58)43-26-11-6-20-38(43)51-53-40-23-8-13-28-45(40)60-51/h1-30H. The van der Waals surface area contributed by atoms with E-state index in [1.807, 2.05) is 91.0 Å². The molecule has 8 aromatic carbocycles. The summed E-state index contributed by atoms with van der Waals surface area (Å²) in [4.78, 5) is 20.9. The number of oxazole rings is 1. The lowest BCUT2D eigenvalue weighted by molar-refractivity contribution is 0.619. The molecule has 0 saturated heterocycles. The maximum absolute atomic E-state index is 6.55. The predicted molar refractivity (Wildman–Crippen MR) is 240 cm³/mol. The van der Waals surface area contributed by atoms with E-state index in [1.165, 1.54) is 0 Å². The second-order valence-electron chi connectivity index (χ2n) is 15.0. The van der Waals surface area contributed by atoms with Crippen LogP contribution < -0.4 is 0 Å². The molecule has 0 amide bonds. The Bertz CT molecular complexity index is 3820. The molecule has 0 unspecified atom stereocenters. The lowest BCUT2D eigenvalue weighted by Crippen LogP contribution is -2.07. The largest absolute Gasteiger partial charge is 0.455 e. The molecular formula is C52H30N6O2. The molecule has 13 rings (SSSR count). The lowest BCUT2D eigenvalue weighted by Gasteiger charge is -2.14. The Morgan fingerprint density at radius 3 is 1.77 bits per heavy atom. The molecule has 5 heterocycles. The highest BCUT2D eigenvalue weighted by Crippen LogP contribution is 2.43. The molecule has 0 radical (unpaired) electrons. The third kappa shape index (κ3) is 4.73. The zero-order chi connectivity index (χ0) is 39.3. The normalized spacial score (nSPS) is 12.0. The van der Waals surface area contributed by atoms with E-state index in [1.54, 1.807) is 0 Å². The molecule has 0 aliphatic rings. The van der Waals surface area contributed by atoms with E-state index in [0.717, 1.165) is 99.0 Å². The molecule has 8 nitrogen and oxygen atoms in total. The first-order chi connectivity index (χ1) is 29.8. The van der Waals surface area contributed by atoms with Crippen molar-refractivity contribution in [2.75, 3.05) is 0 Å². The number of benzene rings is 8. The zero-order valence-electron chi connectivity index (χ0n) is 31.8. The Labute approximate surface area is 341 Å². The minimum absolute atomic E-state index is 0.495. The van der Waals surface area contributed by atoms with Crippen LogP contribution in [-0.2, 0) is 0 Å². The van der Waals surface area contributed by atoms with Gasteiger partial charge in [0.25, 0.3) is 0 Å². The summed E-state index contributed by atoms with van der Waals surface area (Å²) < 4.78 is 17.6. The molecule has 13 aromatic rings. The van der Waals surface area contributed by atoms with Crippen LogP contribution in [0, 0.1) is 0 Å². The number of nitrogens with zero attached hydrogens (tertiary/aromatic N) is 6. The third-order valence-electron chi connectivity index (χ3n) is 11.6. The van der Waals surface area contributed by atoms with Crippen molar-refractivity contribution in [2.24, 2.45) is 0 Å². The number of hydrogen-bond donors (Lipinski definition) is 0. The minimum Gasteiger partial charge on any atom is -0.455 e. The van der Waals surface area contributed by atoms with E-state index in [4.69, 9.17) is 28.8 Å². The molecule has 0 fully saturated rings. The van der Waals surface area contributed by atoms with Gasteiger partial charge in [-0.3, -0.25) is 4.57 Å². The van der Waals surface area contributed by atoms with Crippen LogP contribution in [0.3, 0.4) is 0 Å². The van der Waals surface area contributed by atoms with Gasteiger partial charge in [-0.15, -0.1) is 0 Å². The van der Waals surface area contributed by atoms with E-state index in [2.05, 4.69) is 100 Å². The number of para-hydroxylation sites is 7. The predicted octanol–water partition coefficient (Wildman–Crippen LogP) is 13.1. The fourth-order valence-electron chi connectivity index (χ4n) is 9.02. The van der Waals surface area contributed by atoms with Gasteiger partial charge in [-0.1, -0.05) is 133 Å². The number of hydrogen-bond acceptors (Lipinski definition) is 6. The number of rotatable bonds is 5. The quantitative estimate of drug-likeness (QED) is 0.173. The van der Waals surface area contributed by atoms with E-state index in [9.17, 15) is 0 Å². The molecule has 0 aliphatic carbocycles. The van der Waals surface area contributed by atoms with Crippen LogP contribution in [0.25, 0.3) is 123 Å². The summed E-state index contributed by atoms with van der Waals surface area (Å²) in [5, 5.41) is 6.43. The van der Waals surface area contributed by atoms with Crippen LogP contribution in [-0.4, -0.2) is 29.1 Å². The summed E-state index contributed by atoms with van der Waals surface area (Å²) in [6.45, 7) is 0. The minimum atomic E-state index is 0.495. The molecule has 0 aliphatic heterocycles. The van der Waals surface area contributed by atoms with Crippen molar-refractivity contribution in [1.82, 2.24) is 29.1 Å². The molecule has 8 heteroatoms. The smallest absolute Gasteiger partial charge is 0.238 e. The van der Waals surface area contributed by atoms with Crippen LogP contribution in [0.4, 0.5) is 0 Å². The Hall–Kier alpha value is -8.36. The van der Waals surface area contributed by atoms with Crippen LogP contribution >= 0.6 is 0 Å². The molecule has 0 spiro atoms. The van der Waals surface area contributed by atoms with E-state index in [-0.39, 0.29) is 0 Å². The maximum Gasteiger partial charge on any atom is 0.238 e. The first-order valence-electron chi connectivity index (χ1n) is 19.9. The second kappa shape index (κ2) is 12.6. The van der Waals surface area contributed by atoms with Gasteiger partial charge in [-0.05, 0) is 48.5 Å². The Kier molecular flexibility index (Phi) is 6.85. The van der Waals surface area contributed by atoms with Gasteiger partial charge in [0.05, 0.1) is 38.9 Å². The molecule has 60 heavy (non-hydrogen) atoms. The van der Waals surface area contributed by atoms with Crippen LogP contribution in [0.1, 0.15) is 0 Å². The molecule has 0 saturated carbocycles. The Balaban J connectivity index is 1.17. The summed E-state index contributed by atoms with van der Waals surface area (Å²) in [6, 6.07) is 62.1. The molecular weight excluding hydrogens is 741 g/mol. The Morgan fingerprint density at radius 2 is 0.967 bits per heavy atom. The monoisotopic (exact) mass is 770 g/mol. The first kappa shape index (κ1) is 32.7. The molecule has 0 atom stereocenters. The second-order valence-corrected chi connectivity index (χ2v) is 15.0. The van der Waals surface area contributed by atoms with Crippen LogP contribution in [0.15, 0.2) is 191 Å². The van der Waals surface area contributed by atoms with Gasteiger partial charge in [0, 0.05) is 37.9 Å². The van der Waals surface area contributed by atoms with Crippen molar-refractivity contribution in [1.29, 1.82) is 0 Å². The molecule has 280 valence electrons. The Morgan fingerprint density at radius 1 is 0.367 bits per heavy atom. The number of furan rings is 1. The van der Waals surface area contributed by atoms with Gasteiger partial charge in [0.15, 0.2) is 17.2 Å². The average molecular weight is 771 g/mol. The summed E-state index contributed by atoms with van der Waals surface area (Å²) in [5.74, 6) is 2.13. The number of aromatic nitrogens is 6. The summed E-state index contributed by atoms with van der Waals surface area (Å²) >= 11 is 0. The van der Waals surface area contributed by atoms with Crippen molar-refractivity contribution in [2.45, 2.75) is 0 Å². The highest BCUT2D eigenvalue weighted by Gasteiger charge is 2.26. The van der Waals surface area contributed by atoms with Gasteiger partial charge >= 0.3 is 0 Å². The van der Waals surface area contributed by atoms with Crippen LogP contribution in [0.5, 0.6) is 0 Å². The molecule has 0 N–H and O–H groups in total. The van der Waals surface area contributed by atoms with E-state index in [0.29, 0.717) is 23.5 Å². The van der Waals surface area contributed by atoms with Crippen molar-refractivity contribution < 1.29 is 8.83 Å². The molecule has 0 bridgehead atoms. The fraction of sp³-hybridized carbons (Fsp3) is 0. The van der Waals surface area contributed by atoms with Gasteiger partial charge in [-0.25, -0.2) is 9.97 Å². The topological polar surface area (TPSA) is 87.7 Å². The van der Waals surface area contributed by atoms with Gasteiger partial charge in [-0.2, -0.15) is 9.97 Å². The van der Waals surface area contributed by atoms with Crippen molar-refractivity contribution in [3.63, 3.8) is 0 Å². The van der Waals surface area contributed by atoms with Crippen molar-refractivity contribution in [3.8, 4) is 45.9 Å². The van der Waals surface area contributed by atoms with E-state index >= 15 is 0 Å². The fourth-order valence-corrected chi connectivity index (χ4v) is 9.02. The van der Waals surface area contributed by atoms with Gasteiger partial charge in [0.2, 0.25) is 11.8 Å². The van der Waals surface area contributed by atoms with E-state index < -0.39 is 0 Å². The summed E-state index contributed by atoms with van der Waals surface area (Å²) in [5.41, 5.74) is 10.6. The SMILES string of the molecule is c1ccc(-c2nc(-c3cccc4c3oc3ccccc34)nc(-n3c4ccccc4c4ccc5c6ccccc6n(-c6ccccc6-c6nc7ccccc7o6)c5c43)n2)cc1. The number of fused-ring (bicyclic) bond motifs is 11. The van der Waals surface area contributed by atoms with Crippen LogP contribution in [0.2, 0.25) is 0 Å². The third-order valence-corrected chi connectivity index (χ3v) is 11.6. The average Bonchev–Trinajstić information content (AvgIpc) is 4.08.